The van der Waals surface area contributed by atoms with Crippen LogP contribution < -0.4 is 16.1 Å². The van der Waals surface area contributed by atoms with Gasteiger partial charge in [-0.1, -0.05) is 17.6 Å². The molecular formula is C16H24BN3O2. The molecule has 0 spiro atoms. The van der Waals surface area contributed by atoms with Crippen LogP contribution in [-0.2, 0) is 0 Å². The summed E-state index contributed by atoms with van der Waals surface area (Å²) in [4.78, 5) is 26.4. The van der Waals surface area contributed by atoms with E-state index in [1.807, 2.05) is 34.1 Å². The van der Waals surface area contributed by atoms with Crippen molar-refractivity contribution in [3.8, 4) is 0 Å². The van der Waals surface area contributed by atoms with Gasteiger partial charge in [-0.3, -0.25) is 9.59 Å². The molecule has 118 valence electrons. The number of carbonyl (C=O) groups is 2. The van der Waals surface area contributed by atoms with Gasteiger partial charge in [-0.15, -0.1) is 0 Å². The first-order chi connectivity index (χ1) is 10.5. The first-order valence-electron chi connectivity index (χ1n) is 7.81. The molecule has 5 nitrogen and oxygen atoms in total. The highest BCUT2D eigenvalue weighted by Gasteiger charge is 2.24. The van der Waals surface area contributed by atoms with Gasteiger partial charge in [0.15, 0.2) is 0 Å². The molecule has 2 amide bonds. The van der Waals surface area contributed by atoms with Crippen LogP contribution in [0.4, 0.5) is 0 Å². The van der Waals surface area contributed by atoms with Crippen molar-refractivity contribution in [2.45, 2.75) is 25.3 Å². The second-order valence-corrected chi connectivity index (χ2v) is 6.25. The number of nitrogens with zero attached hydrogens (tertiary/aromatic N) is 1. The van der Waals surface area contributed by atoms with Crippen LogP contribution in [0.1, 0.15) is 40.0 Å². The van der Waals surface area contributed by atoms with Crippen molar-refractivity contribution in [2.75, 3.05) is 27.2 Å². The molecule has 1 aliphatic carbocycles. The molecule has 1 aromatic carbocycles. The third-order valence-corrected chi connectivity index (χ3v) is 3.58. The maximum atomic E-state index is 12.2. The van der Waals surface area contributed by atoms with E-state index in [0.717, 1.165) is 31.3 Å². The van der Waals surface area contributed by atoms with Crippen molar-refractivity contribution in [3.63, 3.8) is 0 Å². The van der Waals surface area contributed by atoms with Crippen molar-refractivity contribution in [2.24, 2.45) is 0 Å². The first-order valence-corrected chi connectivity index (χ1v) is 7.81. The van der Waals surface area contributed by atoms with E-state index in [4.69, 9.17) is 0 Å². The Labute approximate surface area is 132 Å². The Balaban J connectivity index is 1.95. The first kappa shape index (κ1) is 16.6. The molecule has 0 aliphatic heterocycles. The van der Waals surface area contributed by atoms with Crippen LogP contribution in [0.3, 0.4) is 0 Å². The lowest BCUT2D eigenvalue weighted by atomic mass is 9.91. The van der Waals surface area contributed by atoms with E-state index in [2.05, 4.69) is 15.5 Å². The van der Waals surface area contributed by atoms with Crippen molar-refractivity contribution < 1.29 is 9.59 Å². The normalized spacial score (nSPS) is 14.0. The molecular weight excluding hydrogens is 277 g/mol. The summed E-state index contributed by atoms with van der Waals surface area (Å²) in [5, 5.41) is 5.86. The highest BCUT2D eigenvalue weighted by Crippen LogP contribution is 2.19. The van der Waals surface area contributed by atoms with Crippen LogP contribution in [-0.4, -0.2) is 57.8 Å². The molecule has 22 heavy (non-hydrogen) atoms. The van der Waals surface area contributed by atoms with E-state index in [1.165, 1.54) is 0 Å². The molecule has 0 heterocycles. The topological polar surface area (TPSA) is 61.4 Å². The van der Waals surface area contributed by atoms with Crippen molar-refractivity contribution >= 4 is 25.1 Å². The summed E-state index contributed by atoms with van der Waals surface area (Å²) in [7, 11) is 5.91. The molecule has 0 saturated heterocycles. The Hall–Kier alpha value is -1.82. The summed E-state index contributed by atoms with van der Waals surface area (Å²) in [6.07, 6.45) is 3.01. The molecule has 2 N–H and O–H groups in total. The SMILES string of the molecule is Bc1cc(C(=O)NCCCN(C)C)cc(C(=O)NC2CC2)c1. The van der Waals surface area contributed by atoms with Crippen LogP contribution in [0.15, 0.2) is 18.2 Å². The Morgan fingerprint density at radius 3 is 2.41 bits per heavy atom. The van der Waals surface area contributed by atoms with Gasteiger partial charge in [0.1, 0.15) is 7.85 Å². The standard InChI is InChI=1S/C16H24BN3O2/c1-20(2)7-3-6-18-15(21)11-8-12(10-13(17)9-11)16(22)19-14-4-5-14/h8-10,14H,3-7,17H2,1-2H3,(H,18,21)(H,19,22). The quantitative estimate of drug-likeness (QED) is 0.528. The molecule has 0 unspecified atom stereocenters. The molecule has 2 rings (SSSR count). The van der Waals surface area contributed by atoms with Crippen LogP contribution in [0.5, 0.6) is 0 Å². The zero-order valence-electron chi connectivity index (χ0n) is 13.6. The van der Waals surface area contributed by atoms with E-state index in [0.29, 0.717) is 23.7 Å². The van der Waals surface area contributed by atoms with Gasteiger partial charge in [-0.2, -0.15) is 0 Å². The minimum Gasteiger partial charge on any atom is -0.352 e. The largest absolute Gasteiger partial charge is 0.352 e. The molecule has 1 aliphatic rings. The lowest BCUT2D eigenvalue weighted by Crippen LogP contribution is -2.30. The Morgan fingerprint density at radius 1 is 1.18 bits per heavy atom. The second kappa shape index (κ2) is 7.45. The zero-order chi connectivity index (χ0) is 16.1. The Morgan fingerprint density at radius 2 is 1.82 bits per heavy atom. The van der Waals surface area contributed by atoms with E-state index < -0.39 is 0 Å². The van der Waals surface area contributed by atoms with E-state index >= 15 is 0 Å². The fourth-order valence-corrected chi connectivity index (χ4v) is 2.24. The highest BCUT2D eigenvalue weighted by molar-refractivity contribution is 6.33. The molecule has 1 fully saturated rings. The van der Waals surface area contributed by atoms with Gasteiger partial charge in [-0.25, -0.2) is 0 Å². The predicted octanol–water partition coefficient (Wildman–Crippen LogP) is -0.481. The Bertz CT molecular complexity index is 556. The van der Waals surface area contributed by atoms with Crippen LogP contribution >= 0.6 is 0 Å². The number of benzene rings is 1. The number of hydrogen-bond acceptors (Lipinski definition) is 3. The minimum atomic E-state index is -0.122. The van der Waals surface area contributed by atoms with E-state index in [-0.39, 0.29) is 11.8 Å². The van der Waals surface area contributed by atoms with Gasteiger partial charge in [-0.05, 0) is 46.0 Å². The number of amides is 2. The predicted molar refractivity (Wildman–Crippen MR) is 90.6 cm³/mol. The summed E-state index contributed by atoms with van der Waals surface area (Å²) in [5.74, 6) is -0.212. The molecule has 0 aromatic heterocycles. The fourth-order valence-electron chi connectivity index (χ4n) is 2.24. The average molecular weight is 301 g/mol. The van der Waals surface area contributed by atoms with E-state index in [1.54, 1.807) is 6.07 Å². The lowest BCUT2D eigenvalue weighted by Gasteiger charge is -2.11. The average Bonchev–Trinajstić information content (AvgIpc) is 3.26. The zero-order valence-corrected chi connectivity index (χ0v) is 13.6. The third-order valence-electron chi connectivity index (χ3n) is 3.58. The Kier molecular flexibility index (Phi) is 5.60. The van der Waals surface area contributed by atoms with Gasteiger partial charge >= 0.3 is 0 Å². The second-order valence-electron chi connectivity index (χ2n) is 6.25. The smallest absolute Gasteiger partial charge is 0.251 e. The third kappa shape index (κ3) is 5.18. The van der Waals surface area contributed by atoms with Crippen molar-refractivity contribution in [1.29, 1.82) is 0 Å². The van der Waals surface area contributed by atoms with Crippen LogP contribution in [0.2, 0.25) is 0 Å². The summed E-state index contributed by atoms with van der Waals surface area (Å²) in [6, 6.07) is 5.62. The van der Waals surface area contributed by atoms with Gasteiger partial charge in [0.25, 0.3) is 11.8 Å². The monoisotopic (exact) mass is 301 g/mol. The van der Waals surface area contributed by atoms with Gasteiger partial charge in [0.05, 0.1) is 0 Å². The highest BCUT2D eigenvalue weighted by atomic mass is 16.2. The molecule has 6 heteroatoms. The van der Waals surface area contributed by atoms with Crippen molar-refractivity contribution in [3.05, 3.63) is 29.3 Å². The molecule has 0 atom stereocenters. The lowest BCUT2D eigenvalue weighted by molar-refractivity contribution is 0.0950. The minimum absolute atomic E-state index is 0.0899. The summed E-state index contributed by atoms with van der Waals surface area (Å²) < 4.78 is 0. The molecule has 1 aromatic rings. The molecule has 0 bridgehead atoms. The maximum absolute atomic E-state index is 12.2. The van der Waals surface area contributed by atoms with Crippen LogP contribution in [0.25, 0.3) is 0 Å². The van der Waals surface area contributed by atoms with Crippen LogP contribution in [0, 0.1) is 0 Å². The maximum Gasteiger partial charge on any atom is 0.251 e. The number of nitrogens with one attached hydrogen (secondary N) is 2. The number of carbonyl (C=O) groups excluding carboxylic acids is 2. The summed E-state index contributed by atoms with van der Waals surface area (Å²) >= 11 is 0. The van der Waals surface area contributed by atoms with Crippen molar-refractivity contribution in [1.82, 2.24) is 15.5 Å². The van der Waals surface area contributed by atoms with E-state index in [9.17, 15) is 9.59 Å². The van der Waals surface area contributed by atoms with Gasteiger partial charge in [0, 0.05) is 23.7 Å². The number of rotatable bonds is 7. The summed E-state index contributed by atoms with van der Waals surface area (Å²) in [6.45, 7) is 1.57. The van der Waals surface area contributed by atoms with Gasteiger partial charge in [0.2, 0.25) is 0 Å². The van der Waals surface area contributed by atoms with Gasteiger partial charge < -0.3 is 15.5 Å². The summed E-state index contributed by atoms with van der Waals surface area (Å²) in [5.41, 5.74) is 2.03. The fraction of sp³-hybridized carbons (Fsp3) is 0.500. The molecule has 1 saturated carbocycles. The number of hydrogen-bond donors (Lipinski definition) is 2. The molecule has 0 radical (unpaired) electrons.